The Morgan fingerprint density at radius 3 is 2.83 bits per heavy atom. The van der Waals surface area contributed by atoms with Crippen molar-refractivity contribution in [1.29, 1.82) is 0 Å². The monoisotopic (exact) mass is 341 g/mol. The second kappa shape index (κ2) is 6.81. The first kappa shape index (κ1) is 16.1. The Bertz CT molecular complexity index is 928. The number of hydrogen-bond acceptors (Lipinski definition) is 3. The number of carbonyl (C=O) groups is 1. The van der Waals surface area contributed by atoms with Crippen LogP contribution in [0, 0.1) is 6.92 Å². The van der Waals surface area contributed by atoms with Crippen LogP contribution in [0.4, 0.5) is 5.69 Å². The predicted molar refractivity (Wildman–Crippen MR) is 96.6 cm³/mol. The average molecular weight is 342 g/mol. The molecular formula is C19H16ClNO3. The summed E-state index contributed by atoms with van der Waals surface area (Å²) in [5.74, 6) is 0.999. The summed E-state index contributed by atoms with van der Waals surface area (Å²) in [6.45, 7) is 1.89. The van der Waals surface area contributed by atoms with Crippen LogP contribution in [0.15, 0.2) is 53.0 Å². The van der Waals surface area contributed by atoms with E-state index in [0.29, 0.717) is 22.1 Å². The van der Waals surface area contributed by atoms with Gasteiger partial charge in [0.1, 0.15) is 5.76 Å². The first-order valence-electron chi connectivity index (χ1n) is 7.38. The van der Waals surface area contributed by atoms with E-state index in [0.717, 1.165) is 16.6 Å². The van der Waals surface area contributed by atoms with Gasteiger partial charge in [-0.3, -0.25) is 4.79 Å². The Morgan fingerprint density at radius 2 is 2.08 bits per heavy atom. The summed E-state index contributed by atoms with van der Waals surface area (Å²) in [6.07, 6.45) is 3.05. The lowest BCUT2D eigenvalue weighted by molar-refractivity contribution is -0.111. The smallest absolute Gasteiger partial charge is 0.248 e. The molecule has 1 aromatic heterocycles. The van der Waals surface area contributed by atoms with E-state index < -0.39 is 0 Å². The molecule has 1 amide bonds. The third kappa shape index (κ3) is 3.44. The Morgan fingerprint density at radius 1 is 1.25 bits per heavy atom. The molecule has 0 spiro atoms. The van der Waals surface area contributed by atoms with Crippen LogP contribution in [0.3, 0.4) is 0 Å². The van der Waals surface area contributed by atoms with E-state index in [1.165, 1.54) is 6.08 Å². The number of halogens is 1. The second-order valence-electron chi connectivity index (χ2n) is 5.31. The Hall–Kier alpha value is -2.72. The lowest BCUT2D eigenvalue weighted by atomic mass is 10.2. The number of anilines is 1. The fourth-order valence-electron chi connectivity index (χ4n) is 2.40. The fourth-order valence-corrected chi connectivity index (χ4v) is 2.63. The zero-order valence-electron chi connectivity index (χ0n) is 13.3. The molecule has 4 nitrogen and oxygen atoms in total. The highest BCUT2D eigenvalue weighted by Gasteiger charge is 2.07. The molecule has 0 radical (unpaired) electrons. The normalized spacial score (nSPS) is 11.1. The van der Waals surface area contributed by atoms with Crippen molar-refractivity contribution < 1.29 is 13.9 Å². The van der Waals surface area contributed by atoms with Gasteiger partial charge in [-0.25, -0.2) is 0 Å². The molecule has 24 heavy (non-hydrogen) atoms. The van der Waals surface area contributed by atoms with Gasteiger partial charge >= 0.3 is 0 Å². The molecule has 3 aromatic rings. The molecule has 0 aliphatic carbocycles. The summed E-state index contributed by atoms with van der Waals surface area (Å²) in [4.78, 5) is 12.1. The number of methoxy groups -OCH3 is 1. The van der Waals surface area contributed by atoms with Crippen LogP contribution in [0.2, 0.25) is 5.02 Å². The number of ether oxygens (including phenoxy) is 1. The average Bonchev–Trinajstić information content (AvgIpc) is 2.98. The standard InChI is InChI=1S/C19H16ClNO3/c1-12-10-14(20)6-8-16(12)21-18(22)9-7-15-11-13-4-3-5-17(23-2)19(13)24-15/h3-11H,1-2H3,(H,21,22)/b9-7+. The summed E-state index contributed by atoms with van der Waals surface area (Å²) in [5, 5.41) is 4.37. The predicted octanol–water partition coefficient (Wildman–Crippen LogP) is 5.06. The van der Waals surface area contributed by atoms with E-state index in [-0.39, 0.29) is 5.91 Å². The third-order valence-electron chi connectivity index (χ3n) is 3.59. The minimum absolute atomic E-state index is 0.243. The van der Waals surface area contributed by atoms with E-state index in [2.05, 4.69) is 5.32 Å². The molecule has 0 atom stereocenters. The SMILES string of the molecule is COc1cccc2cc(/C=C/C(=O)Nc3ccc(Cl)cc3C)oc12. The van der Waals surface area contributed by atoms with Gasteiger partial charge in [-0.2, -0.15) is 0 Å². The van der Waals surface area contributed by atoms with Gasteiger partial charge in [-0.15, -0.1) is 0 Å². The van der Waals surface area contributed by atoms with Crippen molar-refractivity contribution in [3.8, 4) is 5.75 Å². The summed E-state index contributed by atoms with van der Waals surface area (Å²) in [5.41, 5.74) is 2.28. The Balaban J connectivity index is 1.76. The number of fused-ring (bicyclic) bond motifs is 1. The van der Waals surface area contributed by atoms with E-state index >= 15 is 0 Å². The molecule has 5 heteroatoms. The molecule has 1 heterocycles. The van der Waals surface area contributed by atoms with Gasteiger partial charge in [-0.1, -0.05) is 23.7 Å². The molecule has 0 saturated carbocycles. The summed E-state index contributed by atoms with van der Waals surface area (Å²) in [6, 6.07) is 12.8. The van der Waals surface area contributed by atoms with Crippen LogP contribution in [0.1, 0.15) is 11.3 Å². The van der Waals surface area contributed by atoms with Gasteiger partial charge in [0, 0.05) is 22.2 Å². The third-order valence-corrected chi connectivity index (χ3v) is 3.83. The molecule has 0 saturated heterocycles. The zero-order chi connectivity index (χ0) is 17.1. The number of hydrogen-bond donors (Lipinski definition) is 1. The van der Waals surface area contributed by atoms with Crippen LogP contribution >= 0.6 is 11.6 Å². The highest BCUT2D eigenvalue weighted by molar-refractivity contribution is 6.30. The van der Waals surface area contributed by atoms with E-state index in [9.17, 15) is 4.79 Å². The molecule has 0 fully saturated rings. The lowest BCUT2D eigenvalue weighted by Gasteiger charge is -2.06. The lowest BCUT2D eigenvalue weighted by Crippen LogP contribution is -2.08. The van der Waals surface area contributed by atoms with E-state index in [1.807, 2.05) is 31.2 Å². The topological polar surface area (TPSA) is 51.5 Å². The first-order valence-corrected chi connectivity index (χ1v) is 7.76. The Kier molecular flexibility index (Phi) is 4.58. The number of nitrogens with one attached hydrogen (secondary N) is 1. The van der Waals surface area contributed by atoms with Crippen molar-refractivity contribution in [3.63, 3.8) is 0 Å². The van der Waals surface area contributed by atoms with Crippen LogP contribution in [0.25, 0.3) is 17.0 Å². The zero-order valence-corrected chi connectivity index (χ0v) is 14.1. The van der Waals surface area contributed by atoms with Crippen LogP contribution in [-0.2, 0) is 4.79 Å². The van der Waals surface area contributed by atoms with Crippen molar-refractivity contribution in [3.05, 3.63) is 64.9 Å². The van der Waals surface area contributed by atoms with Gasteiger partial charge in [0.05, 0.1) is 7.11 Å². The Labute approximate surface area is 144 Å². The maximum Gasteiger partial charge on any atom is 0.248 e. The molecule has 0 bridgehead atoms. The number of carbonyl (C=O) groups excluding carboxylic acids is 1. The number of benzene rings is 2. The molecule has 3 rings (SSSR count). The molecule has 122 valence electrons. The van der Waals surface area contributed by atoms with Crippen molar-refractivity contribution in [2.45, 2.75) is 6.92 Å². The van der Waals surface area contributed by atoms with Gasteiger partial charge < -0.3 is 14.5 Å². The van der Waals surface area contributed by atoms with Crippen molar-refractivity contribution >= 4 is 40.2 Å². The maximum atomic E-state index is 12.1. The van der Waals surface area contributed by atoms with Crippen molar-refractivity contribution in [2.24, 2.45) is 0 Å². The van der Waals surface area contributed by atoms with Gasteiger partial charge in [0.25, 0.3) is 0 Å². The highest BCUT2D eigenvalue weighted by atomic mass is 35.5. The maximum absolute atomic E-state index is 12.1. The quantitative estimate of drug-likeness (QED) is 0.675. The number of rotatable bonds is 4. The number of amides is 1. The first-order chi connectivity index (χ1) is 11.6. The van der Waals surface area contributed by atoms with E-state index in [4.69, 9.17) is 20.8 Å². The van der Waals surface area contributed by atoms with Crippen molar-refractivity contribution in [1.82, 2.24) is 0 Å². The number of furan rings is 1. The molecule has 1 N–H and O–H groups in total. The van der Waals surface area contributed by atoms with Gasteiger partial charge in [0.15, 0.2) is 11.3 Å². The summed E-state index contributed by atoms with van der Waals surface area (Å²) < 4.78 is 11.0. The molecule has 0 aliphatic heterocycles. The van der Waals surface area contributed by atoms with Gasteiger partial charge in [0.2, 0.25) is 5.91 Å². The van der Waals surface area contributed by atoms with Crippen LogP contribution in [-0.4, -0.2) is 13.0 Å². The minimum atomic E-state index is -0.243. The highest BCUT2D eigenvalue weighted by Crippen LogP contribution is 2.29. The van der Waals surface area contributed by atoms with E-state index in [1.54, 1.807) is 31.4 Å². The summed E-state index contributed by atoms with van der Waals surface area (Å²) >= 11 is 5.91. The number of para-hydroxylation sites is 1. The second-order valence-corrected chi connectivity index (χ2v) is 5.75. The number of aryl methyl sites for hydroxylation is 1. The van der Waals surface area contributed by atoms with Crippen LogP contribution < -0.4 is 10.1 Å². The van der Waals surface area contributed by atoms with Crippen LogP contribution in [0.5, 0.6) is 5.75 Å². The molecule has 0 aliphatic rings. The molecule has 2 aromatic carbocycles. The van der Waals surface area contributed by atoms with Crippen molar-refractivity contribution in [2.75, 3.05) is 12.4 Å². The minimum Gasteiger partial charge on any atom is -0.493 e. The van der Waals surface area contributed by atoms with Gasteiger partial charge in [-0.05, 0) is 48.9 Å². The summed E-state index contributed by atoms with van der Waals surface area (Å²) in [7, 11) is 1.59. The molecule has 0 unspecified atom stereocenters. The largest absolute Gasteiger partial charge is 0.493 e. The molecular weight excluding hydrogens is 326 g/mol. The fraction of sp³-hybridized carbons (Fsp3) is 0.105.